The highest BCUT2D eigenvalue weighted by Crippen LogP contribution is 2.49. The number of aliphatic hydroxyl groups excluding tert-OH is 5. The number of carbonyl (C=O) groups is 2. The number of hydrogen-bond donors (Lipinski definition) is 6. The minimum atomic E-state index is -1.36. The number of nitrogens with zero attached hydrogens (tertiary/aromatic N) is 1. The number of nitrogens with one attached hydrogen (secondary N) is 1. The number of thioether (sulfide) groups is 1. The first-order chi connectivity index (χ1) is 28.4. The van der Waals surface area contributed by atoms with E-state index in [1.165, 1.54) is 28.3 Å². The van der Waals surface area contributed by atoms with E-state index in [9.17, 15) is 35.1 Å². The highest BCUT2D eigenvalue weighted by molar-refractivity contribution is 14.1. The Balaban J connectivity index is 1.24. The summed E-state index contributed by atoms with van der Waals surface area (Å²) in [6.07, 6.45) is -12.3. The summed E-state index contributed by atoms with van der Waals surface area (Å²) in [4.78, 5) is 33.9. The number of hydrogen-bond acceptors (Lipinski definition) is 19. The first-order valence-corrected chi connectivity index (χ1v) is 21.9. The maximum absolute atomic E-state index is 14.1. The minimum Gasteiger partial charge on any atom is -0.492 e. The number of ether oxygens (including phenoxy) is 9. The maximum atomic E-state index is 14.1. The molecule has 0 spiro atoms. The zero-order valence-electron chi connectivity index (χ0n) is 35.5. The average Bonchev–Trinajstić information content (AvgIpc) is 3.20. The number of rotatable bonds is 14. The fourth-order valence-corrected chi connectivity index (χ4v) is 10.3. The number of amides is 1. The van der Waals surface area contributed by atoms with Crippen LogP contribution in [-0.2, 0) is 38.1 Å². The summed E-state index contributed by atoms with van der Waals surface area (Å²) in [6.45, 7) is 10.7. The molecule has 4 saturated heterocycles. The van der Waals surface area contributed by atoms with Crippen molar-refractivity contribution >= 4 is 45.4 Å². The van der Waals surface area contributed by atoms with Crippen molar-refractivity contribution in [1.29, 1.82) is 0 Å². The highest BCUT2D eigenvalue weighted by Gasteiger charge is 2.51. The monoisotopic (exact) mass is 988 g/mol. The lowest BCUT2D eigenvalue weighted by Gasteiger charge is -2.48. The van der Waals surface area contributed by atoms with E-state index >= 15 is 0 Å². The molecule has 0 aromatic heterocycles. The summed E-state index contributed by atoms with van der Waals surface area (Å²) >= 11 is 2.87. The van der Waals surface area contributed by atoms with Crippen LogP contribution in [0.3, 0.4) is 0 Å². The zero-order chi connectivity index (χ0) is 44.3. The van der Waals surface area contributed by atoms with Crippen LogP contribution in [0.4, 0.5) is 0 Å². The van der Waals surface area contributed by atoms with E-state index in [1.807, 2.05) is 29.5 Å². The Morgan fingerprint density at radius 1 is 0.883 bits per heavy atom. The van der Waals surface area contributed by atoms with Gasteiger partial charge in [-0.3, -0.25) is 14.4 Å². The smallest absolute Gasteiger partial charge is 0.229 e. The first-order valence-electron chi connectivity index (χ1n) is 20.0. The molecule has 4 aliphatic heterocycles. The van der Waals surface area contributed by atoms with Crippen molar-refractivity contribution in [2.75, 3.05) is 41.6 Å². The predicted octanol–water partition coefficient (Wildman–Crippen LogP) is 0.860. The highest BCUT2D eigenvalue weighted by atomic mass is 127. The van der Waals surface area contributed by atoms with Crippen LogP contribution >= 0.6 is 34.4 Å². The van der Waals surface area contributed by atoms with Gasteiger partial charge in [-0.05, 0) is 62.8 Å². The van der Waals surface area contributed by atoms with Crippen molar-refractivity contribution in [2.45, 2.75) is 152 Å². The second-order valence-electron chi connectivity index (χ2n) is 15.5. The second-order valence-corrected chi connectivity index (χ2v) is 17.7. The third-order valence-corrected chi connectivity index (χ3v) is 14.6. The summed E-state index contributed by atoms with van der Waals surface area (Å²) in [5.74, 6) is -0.726. The topological polar surface area (TPSA) is 243 Å². The van der Waals surface area contributed by atoms with Crippen LogP contribution in [0.2, 0.25) is 0 Å². The van der Waals surface area contributed by atoms with Gasteiger partial charge in [0.05, 0.1) is 95.9 Å². The van der Waals surface area contributed by atoms with E-state index in [2.05, 4.69) is 5.48 Å². The van der Waals surface area contributed by atoms with Crippen molar-refractivity contribution in [3.63, 3.8) is 0 Å². The minimum absolute atomic E-state index is 0.0395. The van der Waals surface area contributed by atoms with Gasteiger partial charge in [0, 0.05) is 40.5 Å². The lowest BCUT2D eigenvalue weighted by atomic mass is 9.82. The first kappa shape index (κ1) is 49.3. The molecule has 19 nitrogen and oxygen atoms in total. The van der Waals surface area contributed by atoms with E-state index in [0.717, 1.165) is 11.8 Å². The summed E-state index contributed by atoms with van der Waals surface area (Å²) in [5.41, 5.74) is 3.50. The molecule has 17 unspecified atom stereocenters. The van der Waals surface area contributed by atoms with E-state index in [4.69, 9.17) is 47.5 Å². The van der Waals surface area contributed by atoms with Gasteiger partial charge in [0.2, 0.25) is 23.1 Å². The Hall–Kier alpha value is -1.68. The molecule has 0 aliphatic carbocycles. The van der Waals surface area contributed by atoms with Crippen molar-refractivity contribution < 1.29 is 82.6 Å². The van der Waals surface area contributed by atoms with Gasteiger partial charge in [-0.1, -0.05) is 11.8 Å². The van der Waals surface area contributed by atoms with Crippen LogP contribution in [0.5, 0.6) is 17.2 Å². The Labute approximate surface area is 368 Å². The summed E-state index contributed by atoms with van der Waals surface area (Å²) in [6, 6.07) is -1.18. The average molecular weight is 989 g/mol. The number of halogens is 1. The van der Waals surface area contributed by atoms with Crippen molar-refractivity contribution in [3.8, 4) is 17.2 Å². The van der Waals surface area contributed by atoms with E-state index < -0.39 is 102 Å². The molecule has 1 aromatic carbocycles. The Bertz CT molecular complexity index is 1620. The number of carbonyl (C=O) groups excluding carboxylic acids is 2. The Morgan fingerprint density at radius 2 is 1.57 bits per heavy atom. The van der Waals surface area contributed by atoms with Gasteiger partial charge in [0.25, 0.3) is 0 Å². The van der Waals surface area contributed by atoms with Gasteiger partial charge in [-0.2, -0.15) is 5.48 Å². The van der Waals surface area contributed by atoms with Gasteiger partial charge in [-0.25, -0.2) is 0 Å². The van der Waals surface area contributed by atoms with Crippen molar-refractivity contribution in [3.05, 3.63) is 14.7 Å². The number of aliphatic hydroxyl groups is 5. The normalized spacial score (nSPS) is 38.6. The third kappa shape index (κ3) is 10.1. The zero-order valence-corrected chi connectivity index (χ0v) is 38.5. The SMILES string of the molecule is CCN(C(C)=O)C1COC(C2C(O)OC(C)C(NOC3CC(O)C(SC(=O)c4c(C)c(I)c(OC5OC(C)C(O)C(OC)C5O)c(OC)c4OC)C(C)O3)C2O)CC1OC. The van der Waals surface area contributed by atoms with Gasteiger partial charge in [0.15, 0.2) is 24.1 Å². The quantitative estimate of drug-likeness (QED) is 0.112. The summed E-state index contributed by atoms with van der Waals surface area (Å²) < 4.78 is 52.9. The molecule has 60 heavy (non-hydrogen) atoms. The molecule has 17 atom stereocenters. The molecule has 6 N–H and O–H groups in total. The molecule has 1 aromatic rings. The molecule has 0 bridgehead atoms. The molecule has 342 valence electrons. The van der Waals surface area contributed by atoms with Gasteiger partial charge >= 0.3 is 0 Å². The standard InChI is InChI=1S/C39H61IN2O17S/c1-11-42(19(6)43)20-14-54-23(13-22(20)50-7)26-30(46)28(16(3)56-37(26)48)41-59-24-12-21(44)36(18(5)55-24)60-38(49)25-15(2)27(40)33(35(53-10)32(25)51-8)58-39-31(47)34(52-9)29(45)17(4)57-39/h16-18,20-24,26,28-31,34,36-37,39,41,44-48H,11-14H2,1-10H3. The molecule has 1 amide bonds. The number of benzene rings is 1. The predicted molar refractivity (Wildman–Crippen MR) is 222 cm³/mol. The van der Waals surface area contributed by atoms with Crippen molar-refractivity contribution in [2.24, 2.45) is 5.92 Å². The fourth-order valence-electron chi connectivity index (χ4n) is 8.53. The van der Waals surface area contributed by atoms with Crippen LogP contribution < -0.4 is 19.7 Å². The maximum Gasteiger partial charge on any atom is 0.229 e. The lowest BCUT2D eigenvalue weighted by molar-refractivity contribution is -0.294. The fraction of sp³-hybridized carbons (Fsp3) is 0.795. The summed E-state index contributed by atoms with van der Waals surface area (Å²) in [5, 5.41) is 54.1. The van der Waals surface area contributed by atoms with E-state index in [-0.39, 0.29) is 54.2 Å². The third-order valence-electron chi connectivity index (χ3n) is 11.9. The van der Waals surface area contributed by atoms with Crippen LogP contribution in [-0.4, -0.2) is 180 Å². The van der Waals surface area contributed by atoms with Crippen LogP contribution in [0.15, 0.2) is 0 Å². The molecule has 0 radical (unpaired) electrons. The van der Waals surface area contributed by atoms with Gasteiger partial charge in [-0.15, -0.1) is 0 Å². The Morgan fingerprint density at radius 3 is 2.15 bits per heavy atom. The Kier molecular flexibility index (Phi) is 17.5. The van der Waals surface area contributed by atoms with Crippen LogP contribution in [0, 0.1) is 16.4 Å². The second kappa shape index (κ2) is 21.3. The van der Waals surface area contributed by atoms with Crippen molar-refractivity contribution in [1.82, 2.24) is 10.4 Å². The van der Waals surface area contributed by atoms with Gasteiger partial charge < -0.3 is 73.1 Å². The number of likely N-dealkylation sites (N-methyl/N-ethyl adjacent to an activating group) is 1. The van der Waals surface area contributed by atoms with Gasteiger partial charge in [0.1, 0.15) is 18.3 Å². The van der Waals surface area contributed by atoms with Crippen LogP contribution in [0.25, 0.3) is 0 Å². The van der Waals surface area contributed by atoms with E-state index in [1.54, 1.807) is 39.7 Å². The molecular formula is C39H61IN2O17S. The lowest BCUT2D eigenvalue weighted by Crippen LogP contribution is -2.64. The molecule has 5 rings (SSSR count). The molecule has 4 fully saturated rings. The van der Waals surface area contributed by atoms with Crippen LogP contribution in [0.1, 0.15) is 63.4 Å². The molecule has 21 heteroatoms. The molecule has 0 saturated carbocycles. The largest absolute Gasteiger partial charge is 0.492 e. The molecule has 4 heterocycles. The summed E-state index contributed by atoms with van der Waals surface area (Å²) in [7, 11) is 5.66. The molecule has 4 aliphatic rings. The molecular weight excluding hydrogens is 927 g/mol. The number of methoxy groups -OCH3 is 4. The van der Waals surface area contributed by atoms with E-state index in [0.29, 0.717) is 15.7 Å². The number of hydroxylamine groups is 1.